The van der Waals surface area contributed by atoms with Crippen LogP contribution in [0.1, 0.15) is 32.6 Å². The van der Waals surface area contributed by atoms with Crippen LogP contribution < -0.4 is 0 Å². The lowest BCUT2D eigenvalue weighted by atomic mass is 9.89. The van der Waals surface area contributed by atoms with Gasteiger partial charge in [0.1, 0.15) is 0 Å². The lowest BCUT2D eigenvalue weighted by Gasteiger charge is -2.32. The Kier molecular flexibility index (Phi) is 2.40. The van der Waals surface area contributed by atoms with E-state index >= 15 is 0 Å². The fourth-order valence-corrected chi connectivity index (χ4v) is 3.13. The van der Waals surface area contributed by atoms with Gasteiger partial charge in [-0.1, -0.05) is 13.3 Å². The van der Waals surface area contributed by atoms with Gasteiger partial charge in [-0.2, -0.15) is 0 Å². The summed E-state index contributed by atoms with van der Waals surface area (Å²) in [6, 6.07) is 0. The summed E-state index contributed by atoms with van der Waals surface area (Å²) in [5.74, 6) is 3.20. The van der Waals surface area contributed by atoms with Gasteiger partial charge in [0.05, 0.1) is 0 Å². The first-order chi connectivity index (χ1) is 5.79. The normalized spacial score (nSPS) is 43.0. The van der Waals surface area contributed by atoms with Gasteiger partial charge < -0.3 is 4.90 Å². The molecule has 0 spiro atoms. The number of hydrogen-bond acceptors (Lipinski definition) is 1. The van der Waals surface area contributed by atoms with Crippen molar-refractivity contribution >= 4 is 0 Å². The molecule has 1 saturated heterocycles. The Morgan fingerprint density at radius 2 is 2.00 bits per heavy atom. The molecule has 0 bridgehead atoms. The van der Waals surface area contributed by atoms with E-state index in [1.807, 2.05) is 0 Å². The lowest BCUT2D eigenvalue weighted by Crippen LogP contribution is -2.35. The van der Waals surface area contributed by atoms with E-state index in [-0.39, 0.29) is 0 Å². The van der Waals surface area contributed by atoms with E-state index in [9.17, 15) is 0 Å². The first kappa shape index (κ1) is 8.55. The second-order valence-electron chi connectivity index (χ2n) is 4.82. The first-order valence-electron chi connectivity index (χ1n) is 5.48. The van der Waals surface area contributed by atoms with Crippen molar-refractivity contribution in [2.75, 3.05) is 20.1 Å². The quantitative estimate of drug-likeness (QED) is 0.579. The fourth-order valence-electron chi connectivity index (χ4n) is 3.13. The molecule has 2 fully saturated rings. The van der Waals surface area contributed by atoms with Crippen LogP contribution >= 0.6 is 0 Å². The summed E-state index contributed by atoms with van der Waals surface area (Å²) in [5.41, 5.74) is 0. The highest BCUT2D eigenvalue weighted by Crippen LogP contribution is 2.42. The molecule has 1 aliphatic heterocycles. The van der Waals surface area contributed by atoms with E-state index in [0.717, 1.165) is 17.8 Å². The molecule has 0 radical (unpaired) electrons. The Bertz CT molecular complexity index is 155. The minimum Gasteiger partial charge on any atom is -0.306 e. The number of fused-ring (bicyclic) bond motifs is 1. The molecule has 0 aromatic rings. The maximum Gasteiger partial charge on any atom is 0.000937 e. The highest BCUT2D eigenvalue weighted by Gasteiger charge is 2.35. The van der Waals surface area contributed by atoms with Gasteiger partial charge in [-0.25, -0.2) is 0 Å². The molecule has 1 aliphatic carbocycles. The number of piperidine rings is 1. The summed E-state index contributed by atoms with van der Waals surface area (Å²) in [5, 5.41) is 0. The van der Waals surface area contributed by atoms with E-state index in [1.165, 1.54) is 38.8 Å². The van der Waals surface area contributed by atoms with Gasteiger partial charge in [-0.15, -0.1) is 0 Å². The van der Waals surface area contributed by atoms with Crippen LogP contribution in [0.5, 0.6) is 0 Å². The fraction of sp³-hybridized carbons (Fsp3) is 1.00. The minimum absolute atomic E-state index is 1.05. The van der Waals surface area contributed by atoms with Gasteiger partial charge in [0.2, 0.25) is 0 Å². The zero-order valence-electron chi connectivity index (χ0n) is 8.42. The van der Waals surface area contributed by atoms with E-state index in [2.05, 4.69) is 18.9 Å². The molecule has 12 heavy (non-hydrogen) atoms. The molecule has 2 aliphatic rings. The average molecular weight is 167 g/mol. The molecule has 70 valence electrons. The second kappa shape index (κ2) is 3.37. The molecule has 0 N–H and O–H groups in total. The monoisotopic (exact) mass is 167 g/mol. The number of likely N-dealkylation sites (tertiary alicyclic amines) is 1. The molecule has 1 heterocycles. The zero-order valence-corrected chi connectivity index (χ0v) is 8.42. The Balaban J connectivity index is 1.93. The number of hydrogen-bond donors (Lipinski definition) is 0. The summed E-state index contributed by atoms with van der Waals surface area (Å²) >= 11 is 0. The molecule has 1 heteroatoms. The Morgan fingerprint density at radius 1 is 1.25 bits per heavy atom. The molecule has 0 aromatic carbocycles. The van der Waals surface area contributed by atoms with Gasteiger partial charge >= 0.3 is 0 Å². The number of rotatable bonds is 1. The third-order valence-electron chi connectivity index (χ3n) is 3.94. The van der Waals surface area contributed by atoms with Crippen LogP contribution in [0.3, 0.4) is 0 Å². The summed E-state index contributed by atoms with van der Waals surface area (Å²) in [4.78, 5) is 2.51. The Morgan fingerprint density at radius 3 is 2.75 bits per heavy atom. The Labute approximate surface area is 76.1 Å². The second-order valence-corrected chi connectivity index (χ2v) is 4.82. The maximum atomic E-state index is 2.51. The van der Waals surface area contributed by atoms with E-state index in [4.69, 9.17) is 0 Å². The summed E-state index contributed by atoms with van der Waals surface area (Å²) < 4.78 is 0. The van der Waals surface area contributed by atoms with Crippen LogP contribution in [0.2, 0.25) is 0 Å². The van der Waals surface area contributed by atoms with Gasteiger partial charge in [-0.3, -0.25) is 0 Å². The number of nitrogens with zero attached hydrogens (tertiary/aromatic N) is 1. The average Bonchev–Trinajstić information content (AvgIpc) is 2.46. The summed E-state index contributed by atoms with van der Waals surface area (Å²) in [7, 11) is 2.27. The van der Waals surface area contributed by atoms with E-state index in [1.54, 1.807) is 0 Å². The lowest BCUT2D eigenvalue weighted by molar-refractivity contribution is 0.166. The van der Waals surface area contributed by atoms with Crippen LogP contribution in [0.15, 0.2) is 0 Å². The largest absolute Gasteiger partial charge is 0.306 e. The molecule has 2 rings (SSSR count). The third kappa shape index (κ3) is 1.52. The molecular formula is C11H21N. The van der Waals surface area contributed by atoms with Gasteiger partial charge in [0.25, 0.3) is 0 Å². The van der Waals surface area contributed by atoms with Crippen LogP contribution in [0.4, 0.5) is 0 Å². The standard InChI is InChI=1S/C11H21N/c1-3-9-6-10-4-5-12(2)8-11(10)7-9/h9-11H,3-8H2,1-2H3. The molecule has 0 aromatic heterocycles. The van der Waals surface area contributed by atoms with Crippen molar-refractivity contribution in [1.82, 2.24) is 4.90 Å². The minimum atomic E-state index is 1.05. The van der Waals surface area contributed by atoms with Crippen LogP contribution in [-0.4, -0.2) is 25.0 Å². The van der Waals surface area contributed by atoms with Crippen molar-refractivity contribution in [3.63, 3.8) is 0 Å². The topological polar surface area (TPSA) is 3.24 Å². The van der Waals surface area contributed by atoms with Crippen molar-refractivity contribution in [3.05, 3.63) is 0 Å². The van der Waals surface area contributed by atoms with E-state index in [0.29, 0.717) is 0 Å². The predicted molar refractivity (Wildman–Crippen MR) is 52.1 cm³/mol. The van der Waals surface area contributed by atoms with Crippen LogP contribution in [0.25, 0.3) is 0 Å². The Hall–Kier alpha value is -0.0400. The van der Waals surface area contributed by atoms with Crippen molar-refractivity contribution in [1.29, 1.82) is 0 Å². The van der Waals surface area contributed by atoms with Gasteiger partial charge in [-0.05, 0) is 50.6 Å². The van der Waals surface area contributed by atoms with E-state index < -0.39 is 0 Å². The van der Waals surface area contributed by atoms with Crippen molar-refractivity contribution in [2.24, 2.45) is 17.8 Å². The van der Waals surface area contributed by atoms with Crippen LogP contribution in [0, 0.1) is 17.8 Å². The first-order valence-corrected chi connectivity index (χ1v) is 5.48. The SMILES string of the molecule is CCC1CC2CCN(C)CC2C1. The molecule has 3 atom stereocenters. The van der Waals surface area contributed by atoms with Crippen molar-refractivity contribution < 1.29 is 0 Å². The smallest absolute Gasteiger partial charge is 0.000937 e. The van der Waals surface area contributed by atoms with Crippen molar-refractivity contribution in [2.45, 2.75) is 32.6 Å². The highest BCUT2D eigenvalue weighted by molar-refractivity contribution is 4.87. The summed E-state index contributed by atoms with van der Waals surface area (Å²) in [6.45, 7) is 5.07. The maximum absolute atomic E-state index is 2.51. The molecule has 1 saturated carbocycles. The predicted octanol–water partition coefficient (Wildman–Crippen LogP) is 2.37. The molecule has 0 amide bonds. The van der Waals surface area contributed by atoms with Gasteiger partial charge in [0.15, 0.2) is 0 Å². The zero-order chi connectivity index (χ0) is 8.55. The molecular weight excluding hydrogens is 146 g/mol. The van der Waals surface area contributed by atoms with Crippen molar-refractivity contribution in [3.8, 4) is 0 Å². The third-order valence-corrected chi connectivity index (χ3v) is 3.94. The van der Waals surface area contributed by atoms with Crippen LogP contribution in [-0.2, 0) is 0 Å². The van der Waals surface area contributed by atoms with Gasteiger partial charge in [0, 0.05) is 6.54 Å². The molecule has 1 nitrogen and oxygen atoms in total. The summed E-state index contributed by atoms with van der Waals surface area (Å²) in [6.07, 6.45) is 5.94. The molecule has 3 unspecified atom stereocenters. The highest BCUT2D eigenvalue weighted by atomic mass is 15.1.